The molecule has 2 N–H and O–H groups in total. The third-order valence-corrected chi connectivity index (χ3v) is 4.33. The van der Waals surface area contributed by atoms with Gasteiger partial charge in [0.2, 0.25) is 0 Å². The molecule has 0 fully saturated rings. The Morgan fingerprint density at radius 2 is 1.88 bits per heavy atom. The highest BCUT2D eigenvalue weighted by Crippen LogP contribution is 2.22. The van der Waals surface area contributed by atoms with Crippen molar-refractivity contribution < 1.29 is 14.1 Å². The van der Waals surface area contributed by atoms with E-state index in [0.29, 0.717) is 33.9 Å². The molecule has 1 aromatic heterocycles. The molecule has 0 aliphatic carbocycles. The monoisotopic (exact) mass is 390 g/mol. The number of hydrogen-bond acceptors (Lipinski definition) is 3. The quantitative estimate of drug-likeness (QED) is 0.678. The summed E-state index contributed by atoms with van der Waals surface area (Å²) in [5.74, 6) is 1.11. The molecule has 1 unspecified atom stereocenters. The summed E-state index contributed by atoms with van der Waals surface area (Å²) < 4.78 is 5.77. The lowest BCUT2D eigenvalue weighted by Crippen LogP contribution is -3.08. The number of anilines is 1. The first-order valence-corrected chi connectivity index (χ1v) is 8.83. The predicted molar refractivity (Wildman–Crippen MR) is 102 cm³/mol. The maximum Gasteiger partial charge on any atom is 0.279 e. The van der Waals surface area contributed by atoms with E-state index in [9.17, 15) is 4.79 Å². The van der Waals surface area contributed by atoms with Crippen molar-refractivity contribution in [2.45, 2.75) is 6.54 Å². The zero-order valence-electron chi connectivity index (χ0n) is 14.1. The zero-order valence-corrected chi connectivity index (χ0v) is 15.6. The highest BCUT2D eigenvalue weighted by Gasteiger charge is 2.15. The molecular weight excluding hydrogens is 373 g/mol. The molecule has 0 aliphatic heterocycles. The molecule has 134 valence electrons. The van der Waals surface area contributed by atoms with E-state index in [-0.39, 0.29) is 12.5 Å². The van der Waals surface area contributed by atoms with Crippen LogP contribution in [0.5, 0.6) is 0 Å². The summed E-state index contributed by atoms with van der Waals surface area (Å²) in [6, 6.07) is 14.5. The Morgan fingerprint density at radius 1 is 1.15 bits per heavy atom. The molecular formula is C19H18Cl2N3O2+. The van der Waals surface area contributed by atoms with E-state index in [1.807, 2.05) is 31.3 Å². The first-order chi connectivity index (χ1) is 12.5. The Hall–Kier alpha value is -2.34. The van der Waals surface area contributed by atoms with Gasteiger partial charge in [0.05, 0.1) is 24.0 Å². The Labute approximate surface area is 161 Å². The summed E-state index contributed by atoms with van der Waals surface area (Å²) in [6.07, 6.45) is 1.68. The third-order valence-electron chi connectivity index (χ3n) is 3.75. The molecule has 5 nitrogen and oxygen atoms in total. The summed E-state index contributed by atoms with van der Waals surface area (Å²) >= 11 is 11.9. The van der Waals surface area contributed by atoms with Crippen LogP contribution in [0.25, 0.3) is 11.3 Å². The van der Waals surface area contributed by atoms with Crippen molar-refractivity contribution in [3.63, 3.8) is 0 Å². The average molecular weight is 391 g/mol. The van der Waals surface area contributed by atoms with Crippen LogP contribution in [0.3, 0.4) is 0 Å². The molecule has 0 saturated heterocycles. The number of benzene rings is 2. The van der Waals surface area contributed by atoms with Crippen LogP contribution in [0, 0.1) is 0 Å². The molecule has 0 aliphatic rings. The molecule has 26 heavy (non-hydrogen) atoms. The van der Waals surface area contributed by atoms with Crippen molar-refractivity contribution >= 4 is 34.8 Å². The van der Waals surface area contributed by atoms with E-state index in [1.54, 1.807) is 30.5 Å². The molecule has 3 rings (SSSR count). The van der Waals surface area contributed by atoms with Gasteiger partial charge in [-0.2, -0.15) is 0 Å². The zero-order chi connectivity index (χ0) is 18.5. The molecule has 2 aromatic carbocycles. The van der Waals surface area contributed by atoms with Gasteiger partial charge in [0.25, 0.3) is 11.8 Å². The number of carbonyl (C=O) groups excluding carboxylic acids is 1. The number of nitrogens with one attached hydrogen (secondary N) is 2. The molecule has 7 heteroatoms. The summed E-state index contributed by atoms with van der Waals surface area (Å²) in [7, 11) is 1.90. The van der Waals surface area contributed by atoms with Gasteiger partial charge in [-0.3, -0.25) is 4.79 Å². The van der Waals surface area contributed by atoms with Gasteiger partial charge >= 0.3 is 0 Å². The molecule has 0 radical (unpaired) electrons. The van der Waals surface area contributed by atoms with Crippen LogP contribution in [-0.4, -0.2) is 24.5 Å². The van der Waals surface area contributed by atoms with E-state index in [4.69, 9.17) is 27.6 Å². The van der Waals surface area contributed by atoms with Crippen LogP contribution < -0.4 is 10.2 Å². The smallest absolute Gasteiger partial charge is 0.279 e. The van der Waals surface area contributed by atoms with Crippen molar-refractivity contribution in [1.82, 2.24) is 4.98 Å². The number of carbonyl (C=O) groups is 1. The summed E-state index contributed by atoms with van der Waals surface area (Å²) in [5, 5.41) is 3.99. The largest absolute Gasteiger partial charge is 0.435 e. The number of amides is 1. The lowest BCUT2D eigenvalue weighted by atomic mass is 10.2. The number of likely N-dealkylation sites (N-methyl/N-ethyl adjacent to an activating group) is 1. The fraction of sp³-hybridized carbons (Fsp3) is 0.158. The number of aromatic nitrogens is 1. The van der Waals surface area contributed by atoms with Crippen molar-refractivity contribution in [3.05, 3.63) is 70.7 Å². The molecule has 1 amide bonds. The van der Waals surface area contributed by atoms with Crippen molar-refractivity contribution in [2.24, 2.45) is 0 Å². The van der Waals surface area contributed by atoms with Gasteiger partial charge in [-0.15, -0.1) is 0 Å². The number of rotatable bonds is 6. The van der Waals surface area contributed by atoms with Crippen LogP contribution in [0.15, 0.2) is 59.1 Å². The van der Waals surface area contributed by atoms with E-state index < -0.39 is 0 Å². The topological polar surface area (TPSA) is 59.6 Å². The average Bonchev–Trinajstić information content (AvgIpc) is 3.05. The SMILES string of the molecule is C[NH+](CC(=O)Nc1ccccc1Cl)Cc1ncc(-c2ccc(Cl)cc2)o1. The summed E-state index contributed by atoms with van der Waals surface area (Å²) in [4.78, 5) is 17.4. The standard InChI is InChI=1S/C19H17Cl2N3O2/c1-24(11-18(25)23-16-5-3-2-4-15(16)21)12-19-22-10-17(26-19)13-6-8-14(20)9-7-13/h2-10H,11-12H2,1H3,(H,23,25)/p+1. The normalized spacial score (nSPS) is 12.0. The number of nitrogens with zero attached hydrogens (tertiary/aromatic N) is 1. The van der Waals surface area contributed by atoms with Gasteiger partial charge in [0.15, 0.2) is 18.8 Å². The van der Waals surface area contributed by atoms with Crippen molar-refractivity contribution in [2.75, 3.05) is 18.9 Å². The minimum absolute atomic E-state index is 0.125. The number of quaternary nitrogens is 1. The van der Waals surface area contributed by atoms with Gasteiger partial charge in [-0.25, -0.2) is 4.98 Å². The molecule has 1 atom stereocenters. The lowest BCUT2D eigenvalue weighted by Gasteiger charge is -2.12. The Bertz CT molecular complexity index is 894. The van der Waals surface area contributed by atoms with Crippen LogP contribution in [0.1, 0.15) is 5.89 Å². The van der Waals surface area contributed by atoms with Crippen LogP contribution in [0.2, 0.25) is 10.0 Å². The molecule has 0 saturated carbocycles. The fourth-order valence-corrected chi connectivity index (χ4v) is 2.80. The van der Waals surface area contributed by atoms with Crippen LogP contribution in [0.4, 0.5) is 5.69 Å². The first-order valence-electron chi connectivity index (χ1n) is 8.07. The van der Waals surface area contributed by atoms with E-state index >= 15 is 0 Å². The second-order valence-electron chi connectivity index (χ2n) is 5.96. The highest BCUT2D eigenvalue weighted by molar-refractivity contribution is 6.33. The summed E-state index contributed by atoms with van der Waals surface area (Å²) in [6.45, 7) is 0.757. The molecule has 0 bridgehead atoms. The fourth-order valence-electron chi connectivity index (χ4n) is 2.49. The van der Waals surface area contributed by atoms with Crippen LogP contribution in [-0.2, 0) is 11.3 Å². The number of oxazole rings is 1. The van der Waals surface area contributed by atoms with Crippen molar-refractivity contribution in [1.29, 1.82) is 0 Å². The van der Waals surface area contributed by atoms with Gasteiger partial charge in [0, 0.05) is 10.6 Å². The molecule has 1 heterocycles. The third kappa shape index (κ3) is 4.85. The maximum atomic E-state index is 12.2. The predicted octanol–water partition coefficient (Wildman–Crippen LogP) is 3.30. The van der Waals surface area contributed by atoms with E-state index in [1.165, 1.54) is 0 Å². The second-order valence-corrected chi connectivity index (χ2v) is 6.81. The molecule has 0 spiro atoms. The minimum atomic E-state index is -0.125. The Morgan fingerprint density at radius 3 is 2.62 bits per heavy atom. The number of halogens is 2. The van der Waals surface area contributed by atoms with Crippen LogP contribution >= 0.6 is 23.2 Å². The van der Waals surface area contributed by atoms with Gasteiger partial charge < -0.3 is 14.6 Å². The summed E-state index contributed by atoms with van der Waals surface area (Å²) in [5.41, 5.74) is 1.51. The van der Waals surface area contributed by atoms with Crippen molar-refractivity contribution in [3.8, 4) is 11.3 Å². The highest BCUT2D eigenvalue weighted by atomic mass is 35.5. The van der Waals surface area contributed by atoms with Gasteiger partial charge in [-0.05, 0) is 36.4 Å². The van der Waals surface area contributed by atoms with Gasteiger partial charge in [-0.1, -0.05) is 35.3 Å². The minimum Gasteiger partial charge on any atom is -0.435 e. The second kappa shape index (κ2) is 8.36. The van der Waals surface area contributed by atoms with E-state index in [0.717, 1.165) is 10.5 Å². The Kier molecular flexibility index (Phi) is 5.93. The number of hydrogen-bond donors (Lipinski definition) is 2. The van der Waals surface area contributed by atoms with E-state index in [2.05, 4.69) is 10.3 Å². The lowest BCUT2D eigenvalue weighted by molar-refractivity contribution is -0.886. The number of para-hydroxylation sites is 1. The maximum absolute atomic E-state index is 12.2. The van der Waals surface area contributed by atoms with Gasteiger partial charge in [0.1, 0.15) is 0 Å². The first kappa shape index (κ1) is 18.5. The molecule has 3 aromatic rings. The Balaban J connectivity index is 1.56.